The molecule has 10 nitrogen and oxygen atoms in total. The fraction of sp³-hybridized carbons (Fsp3) is 0.500. The minimum atomic E-state index is -1.24. The number of carbonyl (C=O) groups excluding carboxylic acids is 3. The number of amides is 3. The Labute approximate surface area is 186 Å². The van der Waals surface area contributed by atoms with Gasteiger partial charge in [0.1, 0.15) is 23.9 Å². The van der Waals surface area contributed by atoms with Gasteiger partial charge in [0.2, 0.25) is 17.7 Å². The summed E-state index contributed by atoms with van der Waals surface area (Å²) in [5, 5.41) is 26.4. The number of nitrogens with two attached hydrogens (primary N) is 1. The van der Waals surface area contributed by atoms with Crippen molar-refractivity contribution < 1.29 is 29.4 Å². The van der Waals surface area contributed by atoms with Gasteiger partial charge in [0.05, 0.1) is 6.54 Å². The molecule has 0 aliphatic rings. The van der Waals surface area contributed by atoms with Gasteiger partial charge in [0.25, 0.3) is 0 Å². The van der Waals surface area contributed by atoms with Crippen LogP contribution >= 0.6 is 12.6 Å². The predicted octanol–water partition coefficient (Wildman–Crippen LogP) is -0.592. The first-order valence-corrected chi connectivity index (χ1v) is 10.5. The average molecular weight is 455 g/mol. The standard InChI is InChI=1S/C20H30N4O6S/c1-3-11(2)17(24-18(27)15(10-31)22-16(26)9-21)19(28)23-14(20(29)30)8-12-4-6-13(25)7-5-12/h4-7,11,14-15,17,25,31H,3,8-10,21H2,1-2H3,(H,22,26)(H,23,28)(H,24,27)(H,29,30). The molecule has 0 aromatic heterocycles. The number of hydrogen-bond donors (Lipinski definition) is 7. The molecule has 4 unspecified atom stereocenters. The average Bonchev–Trinajstić information content (AvgIpc) is 2.75. The molecule has 7 N–H and O–H groups in total. The minimum Gasteiger partial charge on any atom is -0.508 e. The summed E-state index contributed by atoms with van der Waals surface area (Å²) >= 11 is 4.05. The molecule has 3 amide bonds. The molecule has 0 saturated heterocycles. The highest BCUT2D eigenvalue weighted by molar-refractivity contribution is 7.80. The molecular formula is C20H30N4O6S. The van der Waals surface area contributed by atoms with Crippen molar-refractivity contribution in [3.8, 4) is 5.75 Å². The van der Waals surface area contributed by atoms with Crippen molar-refractivity contribution in [2.45, 2.75) is 44.8 Å². The Kier molecular flexibility index (Phi) is 10.8. The van der Waals surface area contributed by atoms with Crippen molar-refractivity contribution in [1.82, 2.24) is 16.0 Å². The van der Waals surface area contributed by atoms with E-state index < -0.39 is 41.8 Å². The molecule has 4 atom stereocenters. The quantitative estimate of drug-likeness (QED) is 0.207. The number of rotatable bonds is 12. The van der Waals surface area contributed by atoms with Crippen molar-refractivity contribution in [3.05, 3.63) is 29.8 Å². The Bertz CT molecular complexity index is 773. The second-order valence-electron chi connectivity index (χ2n) is 7.15. The molecule has 0 aliphatic carbocycles. The monoisotopic (exact) mass is 454 g/mol. The molecule has 1 aromatic rings. The number of phenolic OH excluding ortho intramolecular Hbond substituents is 1. The molecule has 1 rings (SSSR count). The van der Waals surface area contributed by atoms with Crippen LogP contribution in [0.1, 0.15) is 25.8 Å². The molecule has 11 heteroatoms. The van der Waals surface area contributed by atoms with Crippen LogP contribution in [0.15, 0.2) is 24.3 Å². The van der Waals surface area contributed by atoms with Gasteiger partial charge in [0, 0.05) is 12.2 Å². The number of carbonyl (C=O) groups is 4. The van der Waals surface area contributed by atoms with E-state index in [1.54, 1.807) is 19.1 Å². The van der Waals surface area contributed by atoms with Crippen molar-refractivity contribution in [3.63, 3.8) is 0 Å². The number of phenols is 1. The molecule has 0 radical (unpaired) electrons. The van der Waals surface area contributed by atoms with E-state index in [9.17, 15) is 29.4 Å². The molecule has 0 bridgehead atoms. The van der Waals surface area contributed by atoms with Crippen molar-refractivity contribution >= 4 is 36.3 Å². The van der Waals surface area contributed by atoms with Crippen LogP contribution in [0.25, 0.3) is 0 Å². The number of thiol groups is 1. The van der Waals surface area contributed by atoms with Crippen LogP contribution in [0.4, 0.5) is 0 Å². The van der Waals surface area contributed by atoms with Crippen molar-refractivity contribution in [2.75, 3.05) is 12.3 Å². The minimum absolute atomic E-state index is 0.00561. The van der Waals surface area contributed by atoms with Gasteiger partial charge in [-0.25, -0.2) is 4.79 Å². The maximum Gasteiger partial charge on any atom is 0.326 e. The second-order valence-corrected chi connectivity index (χ2v) is 7.51. The summed E-state index contributed by atoms with van der Waals surface area (Å²) < 4.78 is 0. The van der Waals surface area contributed by atoms with Crippen LogP contribution in [0.3, 0.4) is 0 Å². The molecule has 172 valence electrons. The zero-order chi connectivity index (χ0) is 23.6. The third-order valence-corrected chi connectivity index (χ3v) is 5.17. The molecule has 0 aliphatic heterocycles. The van der Waals surface area contributed by atoms with E-state index in [0.29, 0.717) is 12.0 Å². The van der Waals surface area contributed by atoms with Gasteiger partial charge in [0.15, 0.2) is 0 Å². The van der Waals surface area contributed by atoms with E-state index in [-0.39, 0.29) is 30.4 Å². The molecule has 0 fully saturated rings. The number of hydrogen-bond acceptors (Lipinski definition) is 7. The summed E-state index contributed by atoms with van der Waals surface area (Å²) in [7, 11) is 0. The predicted molar refractivity (Wildman–Crippen MR) is 118 cm³/mol. The number of carboxylic acids is 1. The highest BCUT2D eigenvalue weighted by Gasteiger charge is 2.31. The largest absolute Gasteiger partial charge is 0.508 e. The van der Waals surface area contributed by atoms with Crippen LogP contribution in [-0.2, 0) is 25.6 Å². The van der Waals surface area contributed by atoms with E-state index in [1.165, 1.54) is 12.1 Å². The lowest BCUT2D eigenvalue weighted by atomic mass is 9.97. The Morgan fingerprint density at radius 3 is 2.13 bits per heavy atom. The fourth-order valence-corrected chi connectivity index (χ4v) is 2.99. The lowest BCUT2D eigenvalue weighted by Crippen LogP contribution is -2.58. The van der Waals surface area contributed by atoms with Crippen LogP contribution in [0.5, 0.6) is 5.75 Å². The van der Waals surface area contributed by atoms with Gasteiger partial charge < -0.3 is 31.9 Å². The molecule has 1 aromatic carbocycles. The normalized spacial score (nSPS) is 14.6. The summed E-state index contributed by atoms with van der Waals surface area (Å²) in [4.78, 5) is 48.6. The number of aliphatic carboxylic acids is 1. The number of benzene rings is 1. The zero-order valence-corrected chi connectivity index (χ0v) is 18.4. The Morgan fingerprint density at radius 1 is 1.03 bits per heavy atom. The van der Waals surface area contributed by atoms with Crippen molar-refractivity contribution in [2.24, 2.45) is 11.7 Å². The van der Waals surface area contributed by atoms with Crippen LogP contribution in [0, 0.1) is 5.92 Å². The third-order valence-electron chi connectivity index (χ3n) is 4.80. The molecule has 0 saturated carbocycles. The molecule has 31 heavy (non-hydrogen) atoms. The Balaban J connectivity index is 2.94. The molecule has 0 heterocycles. The zero-order valence-electron chi connectivity index (χ0n) is 17.5. The molecular weight excluding hydrogens is 424 g/mol. The number of aromatic hydroxyl groups is 1. The first-order valence-electron chi connectivity index (χ1n) is 9.84. The van der Waals surface area contributed by atoms with Crippen LogP contribution in [-0.4, -0.2) is 64.3 Å². The van der Waals surface area contributed by atoms with Crippen LogP contribution in [0.2, 0.25) is 0 Å². The highest BCUT2D eigenvalue weighted by Crippen LogP contribution is 2.13. The van der Waals surface area contributed by atoms with E-state index in [1.807, 2.05) is 6.92 Å². The van der Waals surface area contributed by atoms with Gasteiger partial charge in [-0.2, -0.15) is 12.6 Å². The van der Waals surface area contributed by atoms with E-state index in [4.69, 9.17) is 5.73 Å². The summed E-state index contributed by atoms with van der Waals surface area (Å²) in [6, 6.07) is 2.71. The lowest BCUT2D eigenvalue weighted by molar-refractivity contribution is -0.142. The first kappa shape index (κ1) is 26.2. The highest BCUT2D eigenvalue weighted by atomic mass is 32.1. The van der Waals surface area contributed by atoms with Crippen LogP contribution < -0.4 is 21.7 Å². The summed E-state index contributed by atoms with van der Waals surface area (Å²) in [6.07, 6.45) is 0.531. The SMILES string of the molecule is CCC(C)C(NC(=O)C(CS)NC(=O)CN)C(=O)NC(Cc1ccc(O)cc1)C(=O)O. The van der Waals surface area contributed by atoms with Gasteiger partial charge >= 0.3 is 5.97 Å². The maximum atomic E-state index is 12.9. The maximum absolute atomic E-state index is 12.9. The Hall–Kier alpha value is -2.79. The van der Waals surface area contributed by atoms with Gasteiger partial charge in [-0.05, 0) is 23.6 Å². The van der Waals surface area contributed by atoms with Gasteiger partial charge in [-0.3, -0.25) is 14.4 Å². The summed E-state index contributed by atoms with van der Waals surface area (Å²) in [5.74, 6) is -3.33. The Morgan fingerprint density at radius 2 is 1.65 bits per heavy atom. The number of carboxylic acid groups (broad SMARTS) is 1. The molecule has 0 spiro atoms. The van der Waals surface area contributed by atoms with E-state index in [0.717, 1.165) is 0 Å². The van der Waals surface area contributed by atoms with Gasteiger partial charge in [-0.1, -0.05) is 32.4 Å². The topological polar surface area (TPSA) is 171 Å². The van der Waals surface area contributed by atoms with Crippen molar-refractivity contribution in [1.29, 1.82) is 0 Å². The van der Waals surface area contributed by atoms with E-state index in [2.05, 4.69) is 28.6 Å². The summed E-state index contributed by atoms with van der Waals surface area (Å²) in [6.45, 7) is 3.27. The second kappa shape index (κ2) is 12.8. The lowest BCUT2D eigenvalue weighted by Gasteiger charge is -2.27. The first-order chi connectivity index (χ1) is 14.6. The van der Waals surface area contributed by atoms with E-state index >= 15 is 0 Å². The summed E-state index contributed by atoms with van der Waals surface area (Å²) in [5.41, 5.74) is 5.85. The number of nitrogens with one attached hydrogen (secondary N) is 3. The fourth-order valence-electron chi connectivity index (χ4n) is 2.73. The van der Waals surface area contributed by atoms with Gasteiger partial charge in [-0.15, -0.1) is 0 Å². The third kappa shape index (κ3) is 8.46. The smallest absolute Gasteiger partial charge is 0.326 e.